The molecule has 4 heteroatoms. The van der Waals surface area contributed by atoms with E-state index in [2.05, 4.69) is 18.5 Å². The van der Waals surface area contributed by atoms with Gasteiger partial charge in [0.15, 0.2) is 0 Å². The van der Waals surface area contributed by atoms with Crippen molar-refractivity contribution in [2.45, 2.75) is 18.3 Å². The Bertz CT molecular complexity index is 186. The lowest BCUT2D eigenvalue weighted by molar-refractivity contribution is 0.0452. The maximum Gasteiger partial charge on any atom is 0.0886 e. The highest BCUT2D eigenvalue weighted by molar-refractivity contribution is 4.98. The predicted molar refractivity (Wildman–Crippen MR) is 57.7 cm³/mol. The molecular weight excluding hydrogens is 178 g/mol. The first-order valence-electron chi connectivity index (χ1n) is 4.86. The third kappa shape index (κ3) is 2.42. The van der Waals surface area contributed by atoms with Gasteiger partial charge in [0.2, 0.25) is 0 Å². The van der Waals surface area contributed by atoms with Crippen molar-refractivity contribution in [1.29, 1.82) is 0 Å². The summed E-state index contributed by atoms with van der Waals surface area (Å²) < 4.78 is 0. The molecule has 1 rings (SSSR count). The van der Waals surface area contributed by atoms with E-state index in [1.54, 1.807) is 12.2 Å². The summed E-state index contributed by atoms with van der Waals surface area (Å²) in [5, 5.41) is 12.9. The van der Waals surface area contributed by atoms with Gasteiger partial charge in [-0.15, -0.1) is 13.2 Å². The number of nitrogens with two attached hydrogens (primary N) is 1. The van der Waals surface area contributed by atoms with Crippen LogP contribution in [0.5, 0.6) is 0 Å². The summed E-state index contributed by atoms with van der Waals surface area (Å²) in [6.07, 6.45) is 2.49. The molecule has 3 unspecified atom stereocenters. The molecule has 1 heterocycles. The molecule has 0 saturated carbocycles. The van der Waals surface area contributed by atoms with Crippen molar-refractivity contribution in [2.75, 3.05) is 19.6 Å². The number of nitrogens with zero attached hydrogens (tertiary/aromatic N) is 1. The van der Waals surface area contributed by atoms with E-state index in [-0.39, 0.29) is 12.2 Å². The Morgan fingerprint density at radius 3 is 2.79 bits per heavy atom. The van der Waals surface area contributed by atoms with Crippen molar-refractivity contribution >= 4 is 0 Å². The highest BCUT2D eigenvalue weighted by atomic mass is 16.3. The van der Waals surface area contributed by atoms with Crippen molar-refractivity contribution in [2.24, 2.45) is 5.73 Å². The van der Waals surface area contributed by atoms with Gasteiger partial charge in [0.1, 0.15) is 0 Å². The molecule has 1 aliphatic heterocycles. The van der Waals surface area contributed by atoms with Gasteiger partial charge >= 0.3 is 0 Å². The fraction of sp³-hybridized carbons (Fsp3) is 0.600. The third-order valence-corrected chi connectivity index (χ3v) is 2.59. The van der Waals surface area contributed by atoms with Crippen LogP contribution in [-0.4, -0.2) is 48.0 Å². The number of hydrogen-bond donors (Lipinski definition) is 3. The van der Waals surface area contributed by atoms with E-state index in [1.807, 2.05) is 4.90 Å². The summed E-state index contributed by atoms with van der Waals surface area (Å²) in [7, 11) is 0. The summed E-state index contributed by atoms with van der Waals surface area (Å²) in [6.45, 7) is 9.69. The zero-order valence-electron chi connectivity index (χ0n) is 8.39. The zero-order valence-corrected chi connectivity index (χ0v) is 8.39. The van der Waals surface area contributed by atoms with Crippen molar-refractivity contribution in [3.05, 3.63) is 25.3 Å². The quantitative estimate of drug-likeness (QED) is 0.520. The second kappa shape index (κ2) is 5.26. The van der Waals surface area contributed by atoms with E-state index >= 15 is 0 Å². The monoisotopic (exact) mass is 197 g/mol. The summed E-state index contributed by atoms with van der Waals surface area (Å²) in [6, 6.07) is -0.00532. The average Bonchev–Trinajstić information content (AvgIpc) is 2.27. The molecule has 14 heavy (non-hydrogen) atoms. The Balaban J connectivity index is 2.67. The van der Waals surface area contributed by atoms with E-state index < -0.39 is 6.10 Å². The molecule has 0 aromatic carbocycles. The van der Waals surface area contributed by atoms with E-state index in [0.29, 0.717) is 0 Å². The fourth-order valence-corrected chi connectivity index (χ4v) is 1.72. The van der Waals surface area contributed by atoms with E-state index in [0.717, 1.165) is 19.6 Å². The molecule has 1 fully saturated rings. The Morgan fingerprint density at radius 2 is 2.21 bits per heavy atom. The molecule has 0 aromatic heterocycles. The van der Waals surface area contributed by atoms with Crippen LogP contribution in [-0.2, 0) is 0 Å². The van der Waals surface area contributed by atoms with Crippen LogP contribution in [0.3, 0.4) is 0 Å². The van der Waals surface area contributed by atoms with Crippen molar-refractivity contribution < 1.29 is 5.11 Å². The maximum absolute atomic E-state index is 9.71. The minimum Gasteiger partial charge on any atom is -0.387 e. The van der Waals surface area contributed by atoms with Crippen LogP contribution in [0, 0.1) is 0 Å². The van der Waals surface area contributed by atoms with Gasteiger partial charge in [0, 0.05) is 19.6 Å². The van der Waals surface area contributed by atoms with Crippen LogP contribution >= 0.6 is 0 Å². The zero-order chi connectivity index (χ0) is 10.6. The molecule has 0 aliphatic carbocycles. The minimum absolute atomic E-state index is 0.00532. The molecule has 1 aliphatic rings. The number of piperazine rings is 1. The first-order chi connectivity index (χ1) is 6.70. The summed E-state index contributed by atoms with van der Waals surface area (Å²) in [5.74, 6) is 0. The van der Waals surface area contributed by atoms with Gasteiger partial charge in [-0.3, -0.25) is 4.90 Å². The van der Waals surface area contributed by atoms with E-state index in [9.17, 15) is 5.11 Å². The van der Waals surface area contributed by atoms with Crippen molar-refractivity contribution in [3.63, 3.8) is 0 Å². The van der Waals surface area contributed by atoms with Crippen LogP contribution in [0.15, 0.2) is 25.3 Å². The topological polar surface area (TPSA) is 61.5 Å². The molecule has 0 spiro atoms. The Labute approximate surface area is 85.1 Å². The van der Waals surface area contributed by atoms with Crippen molar-refractivity contribution in [3.8, 4) is 0 Å². The lowest BCUT2D eigenvalue weighted by Gasteiger charge is -2.40. The van der Waals surface area contributed by atoms with Gasteiger partial charge in [-0.05, 0) is 0 Å². The number of hydrogen-bond acceptors (Lipinski definition) is 4. The van der Waals surface area contributed by atoms with Crippen LogP contribution in [0.25, 0.3) is 0 Å². The van der Waals surface area contributed by atoms with Crippen LogP contribution in [0.2, 0.25) is 0 Å². The molecule has 3 atom stereocenters. The molecular formula is C10H19N3O. The Kier molecular flexibility index (Phi) is 4.28. The van der Waals surface area contributed by atoms with E-state index in [1.165, 1.54) is 0 Å². The highest BCUT2D eigenvalue weighted by Crippen LogP contribution is 2.10. The van der Waals surface area contributed by atoms with Crippen LogP contribution in [0.4, 0.5) is 0 Å². The Hall–Kier alpha value is -0.680. The summed E-state index contributed by atoms with van der Waals surface area (Å²) in [5.41, 5.74) is 5.87. The average molecular weight is 197 g/mol. The van der Waals surface area contributed by atoms with Gasteiger partial charge in [-0.25, -0.2) is 0 Å². The molecule has 1 saturated heterocycles. The van der Waals surface area contributed by atoms with Gasteiger partial charge in [-0.1, -0.05) is 12.2 Å². The summed E-state index contributed by atoms with van der Waals surface area (Å²) in [4.78, 5) is 2.04. The van der Waals surface area contributed by atoms with Crippen molar-refractivity contribution in [1.82, 2.24) is 10.2 Å². The predicted octanol–water partition coefficient (Wildman–Crippen LogP) is -0.722. The molecule has 0 bridgehead atoms. The summed E-state index contributed by atoms with van der Waals surface area (Å²) >= 11 is 0. The normalized spacial score (nSPS) is 28.0. The second-order valence-electron chi connectivity index (χ2n) is 3.46. The first kappa shape index (κ1) is 11.4. The molecule has 4 N–H and O–H groups in total. The second-order valence-corrected chi connectivity index (χ2v) is 3.46. The largest absolute Gasteiger partial charge is 0.387 e. The Morgan fingerprint density at radius 1 is 1.50 bits per heavy atom. The highest BCUT2D eigenvalue weighted by Gasteiger charge is 2.29. The number of aliphatic hydroxyl groups is 1. The van der Waals surface area contributed by atoms with Gasteiger partial charge in [-0.2, -0.15) is 0 Å². The SMILES string of the molecule is C=CC(O)C1CNCCN1C(N)C=C. The molecule has 0 aromatic rings. The number of aliphatic hydroxyl groups excluding tert-OH is 1. The number of nitrogens with one attached hydrogen (secondary N) is 1. The maximum atomic E-state index is 9.71. The van der Waals surface area contributed by atoms with Gasteiger partial charge in [0.05, 0.1) is 18.3 Å². The first-order valence-corrected chi connectivity index (χ1v) is 4.86. The molecule has 80 valence electrons. The van der Waals surface area contributed by atoms with Crippen LogP contribution in [0.1, 0.15) is 0 Å². The molecule has 0 amide bonds. The van der Waals surface area contributed by atoms with Gasteiger partial charge in [0.25, 0.3) is 0 Å². The smallest absolute Gasteiger partial charge is 0.0886 e. The number of rotatable bonds is 4. The third-order valence-electron chi connectivity index (χ3n) is 2.59. The van der Waals surface area contributed by atoms with Crippen LogP contribution < -0.4 is 11.1 Å². The van der Waals surface area contributed by atoms with E-state index in [4.69, 9.17) is 5.73 Å². The fourth-order valence-electron chi connectivity index (χ4n) is 1.72. The van der Waals surface area contributed by atoms with Gasteiger partial charge < -0.3 is 16.2 Å². The molecule has 4 nitrogen and oxygen atoms in total. The standard InChI is InChI=1S/C10H19N3O/c1-3-9(14)8-7-12-5-6-13(8)10(11)4-2/h3-4,8-10,12,14H,1-2,5-7,11H2. The molecule has 0 radical (unpaired) electrons. The minimum atomic E-state index is -0.547. The lowest BCUT2D eigenvalue weighted by Crippen LogP contribution is -2.60. The lowest BCUT2D eigenvalue weighted by atomic mass is 10.1.